The number of hydrogen-bond donors (Lipinski definition) is 3. The lowest BCUT2D eigenvalue weighted by atomic mass is 10.1. The maximum absolute atomic E-state index is 13.1. The third-order valence-corrected chi connectivity index (χ3v) is 7.21. The number of benzene rings is 2. The van der Waals surface area contributed by atoms with Gasteiger partial charge in [0.15, 0.2) is 0 Å². The normalized spacial score (nSPS) is 15.2. The minimum Gasteiger partial charge on any atom is -0.497 e. The van der Waals surface area contributed by atoms with Crippen molar-refractivity contribution < 1.29 is 19.4 Å². The molecule has 160 valence electrons. The Balaban J connectivity index is 1.77. The highest BCUT2D eigenvalue weighted by Gasteiger charge is 2.32. The topological polar surface area (TPSA) is 90.9 Å². The SMILES string of the molecule is COc1ccc(C(NC(=O)N2CC(O)C2)C(=O)Nc2ccc([Si](C)(C)C)cc2)cc1. The van der Waals surface area contributed by atoms with E-state index >= 15 is 0 Å². The van der Waals surface area contributed by atoms with Crippen LogP contribution in [-0.4, -0.2) is 56.3 Å². The highest BCUT2D eigenvalue weighted by atomic mass is 28.3. The summed E-state index contributed by atoms with van der Waals surface area (Å²) < 4.78 is 5.18. The van der Waals surface area contributed by atoms with Crippen LogP contribution in [0, 0.1) is 0 Å². The minimum atomic E-state index is -1.43. The van der Waals surface area contributed by atoms with Gasteiger partial charge in [-0.05, 0) is 29.8 Å². The number of hydrogen-bond acceptors (Lipinski definition) is 4. The number of urea groups is 1. The number of aliphatic hydroxyl groups is 1. The van der Waals surface area contributed by atoms with Crippen molar-refractivity contribution in [3.8, 4) is 5.75 Å². The largest absolute Gasteiger partial charge is 0.497 e. The molecule has 0 aliphatic carbocycles. The van der Waals surface area contributed by atoms with Crippen LogP contribution in [0.25, 0.3) is 0 Å². The zero-order chi connectivity index (χ0) is 21.9. The minimum absolute atomic E-state index is 0.265. The van der Waals surface area contributed by atoms with Crippen molar-refractivity contribution in [2.24, 2.45) is 0 Å². The summed E-state index contributed by atoms with van der Waals surface area (Å²) in [5.74, 6) is 0.326. The van der Waals surface area contributed by atoms with Crippen LogP contribution in [0.4, 0.5) is 10.5 Å². The number of carbonyl (C=O) groups excluding carboxylic acids is 2. The Morgan fingerprint density at radius 3 is 2.17 bits per heavy atom. The van der Waals surface area contributed by atoms with E-state index in [9.17, 15) is 14.7 Å². The number of aliphatic hydroxyl groups excluding tert-OH is 1. The van der Waals surface area contributed by atoms with Crippen molar-refractivity contribution in [1.29, 1.82) is 0 Å². The monoisotopic (exact) mass is 427 g/mol. The summed E-state index contributed by atoms with van der Waals surface area (Å²) in [5, 5.41) is 16.4. The van der Waals surface area contributed by atoms with Gasteiger partial charge in [-0.1, -0.05) is 49.1 Å². The van der Waals surface area contributed by atoms with E-state index in [1.54, 1.807) is 31.4 Å². The van der Waals surface area contributed by atoms with Crippen LogP contribution in [0.2, 0.25) is 19.6 Å². The number of β-amino-alcohol motifs (C(OH)–C–C–N with tert-alkyl or cyclic N) is 1. The number of likely N-dealkylation sites (tertiary alicyclic amines) is 1. The van der Waals surface area contributed by atoms with E-state index < -0.39 is 20.2 Å². The van der Waals surface area contributed by atoms with Gasteiger partial charge in [-0.25, -0.2) is 4.79 Å². The predicted molar refractivity (Wildman–Crippen MR) is 120 cm³/mol. The molecular formula is C22H29N3O4Si. The van der Waals surface area contributed by atoms with Crippen molar-refractivity contribution in [3.05, 3.63) is 54.1 Å². The van der Waals surface area contributed by atoms with Crippen LogP contribution in [0.3, 0.4) is 0 Å². The molecule has 0 bridgehead atoms. The van der Waals surface area contributed by atoms with Crippen LogP contribution in [0.1, 0.15) is 11.6 Å². The Morgan fingerprint density at radius 1 is 1.07 bits per heavy atom. The molecule has 1 aliphatic heterocycles. The van der Waals surface area contributed by atoms with Gasteiger partial charge in [-0.3, -0.25) is 4.79 Å². The Kier molecular flexibility index (Phi) is 6.48. The zero-order valence-electron chi connectivity index (χ0n) is 17.8. The van der Waals surface area contributed by atoms with Gasteiger partial charge in [0.1, 0.15) is 11.8 Å². The number of methoxy groups -OCH3 is 1. The zero-order valence-corrected chi connectivity index (χ0v) is 18.8. The van der Waals surface area contributed by atoms with Gasteiger partial charge >= 0.3 is 6.03 Å². The maximum Gasteiger partial charge on any atom is 0.318 e. The first kappa shape index (κ1) is 21.9. The number of carbonyl (C=O) groups is 2. The number of nitrogens with zero attached hydrogens (tertiary/aromatic N) is 1. The van der Waals surface area contributed by atoms with Gasteiger partial charge in [-0.15, -0.1) is 0 Å². The van der Waals surface area contributed by atoms with Gasteiger partial charge in [0, 0.05) is 5.69 Å². The molecule has 1 heterocycles. The Labute approximate surface area is 178 Å². The molecular weight excluding hydrogens is 398 g/mol. The molecule has 0 saturated carbocycles. The van der Waals surface area contributed by atoms with Crippen molar-refractivity contribution in [2.75, 3.05) is 25.5 Å². The second-order valence-corrected chi connectivity index (χ2v) is 13.6. The molecule has 8 heteroatoms. The van der Waals surface area contributed by atoms with E-state index in [0.29, 0.717) is 17.0 Å². The smallest absolute Gasteiger partial charge is 0.318 e. The predicted octanol–water partition coefficient (Wildman–Crippen LogP) is 2.31. The van der Waals surface area contributed by atoms with E-state index in [4.69, 9.17) is 4.74 Å². The van der Waals surface area contributed by atoms with E-state index in [2.05, 4.69) is 30.3 Å². The van der Waals surface area contributed by atoms with Crippen LogP contribution >= 0.6 is 0 Å². The van der Waals surface area contributed by atoms with Crippen molar-refractivity contribution in [1.82, 2.24) is 10.2 Å². The molecule has 0 radical (unpaired) electrons. The van der Waals surface area contributed by atoms with Gasteiger partial charge < -0.3 is 25.4 Å². The molecule has 3 rings (SSSR count). The Hall–Kier alpha value is -2.84. The lowest BCUT2D eigenvalue weighted by Crippen LogP contribution is -2.57. The lowest BCUT2D eigenvalue weighted by Gasteiger charge is -2.36. The number of ether oxygens (including phenoxy) is 1. The van der Waals surface area contributed by atoms with Gasteiger partial charge in [-0.2, -0.15) is 0 Å². The molecule has 0 spiro atoms. The van der Waals surface area contributed by atoms with Crippen molar-refractivity contribution >= 4 is 30.9 Å². The number of anilines is 1. The maximum atomic E-state index is 13.1. The number of rotatable bonds is 6. The van der Waals surface area contributed by atoms with E-state index in [1.807, 2.05) is 24.3 Å². The second-order valence-electron chi connectivity index (χ2n) is 8.53. The fraction of sp³-hybridized carbons (Fsp3) is 0.364. The molecule has 7 nitrogen and oxygen atoms in total. The number of nitrogens with one attached hydrogen (secondary N) is 2. The molecule has 2 aromatic rings. The average Bonchev–Trinajstić information content (AvgIpc) is 2.69. The van der Waals surface area contributed by atoms with Gasteiger partial charge in [0.05, 0.1) is 34.4 Å². The van der Waals surface area contributed by atoms with E-state index in [1.165, 1.54) is 10.1 Å². The van der Waals surface area contributed by atoms with Crippen LogP contribution < -0.4 is 20.6 Å². The summed E-state index contributed by atoms with van der Waals surface area (Å²) in [6, 6.07) is 13.6. The summed E-state index contributed by atoms with van der Waals surface area (Å²) in [6.07, 6.45) is -0.506. The van der Waals surface area contributed by atoms with Crippen molar-refractivity contribution in [3.63, 3.8) is 0 Å². The van der Waals surface area contributed by atoms with Crippen molar-refractivity contribution in [2.45, 2.75) is 31.8 Å². The van der Waals surface area contributed by atoms with E-state index in [0.717, 1.165) is 0 Å². The summed E-state index contributed by atoms with van der Waals surface area (Å²) in [4.78, 5) is 27.0. The second kappa shape index (κ2) is 8.89. The summed E-state index contributed by atoms with van der Waals surface area (Å²) >= 11 is 0. The molecule has 1 aliphatic rings. The first-order chi connectivity index (χ1) is 14.2. The molecule has 30 heavy (non-hydrogen) atoms. The van der Waals surface area contributed by atoms with Crippen LogP contribution in [-0.2, 0) is 4.79 Å². The first-order valence-electron chi connectivity index (χ1n) is 9.96. The highest BCUT2D eigenvalue weighted by Crippen LogP contribution is 2.21. The van der Waals surface area contributed by atoms with Gasteiger partial charge in [0.2, 0.25) is 0 Å². The molecule has 2 aromatic carbocycles. The van der Waals surface area contributed by atoms with E-state index in [-0.39, 0.29) is 25.0 Å². The lowest BCUT2D eigenvalue weighted by molar-refractivity contribution is -0.118. The molecule has 1 unspecified atom stereocenters. The van der Waals surface area contributed by atoms with Crippen LogP contribution in [0.15, 0.2) is 48.5 Å². The summed E-state index contributed by atoms with van der Waals surface area (Å²) in [5.41, 5.74) is 1.32. The fourth-order valence-electron chi connectivity index (χ4n) is 3.20. The molecule has 1 fully saturated rings. The molecule has 1 atom stereocenters. The quantitative estimate of drug-likeness (QED) is 0.617. The Bertz CT molecular complexity index is 888. The average molecular weight is 428 g/mol. The standard InChI is InChI=1S/C22H29N3O4Si/c1-29-18-9-5-15(6-10-18)20(24-22(28)25-13-17(26)14-25)21(27)23-16-7-11-19(12-8-16)30(2,3)4/h5-12,17,20,26H,13-14H2,1-4H3,(H,23,27)(H,24,28). The molecule has 3 N–H and O–H groups in total. The molecule has 0 aromatic heterocycles. The van der Waals surface area contributed by atoms with Crippen LogP contribution in [0.5, 0.6) is 5.75 Å². The molecule has 3 amide bonds. The van der Waals surface area contributed by atoms with Gasteiger partial charge in [0.25, 0.3) is 5.91 Å². The highest BCUT2D eigenvalue weighted by molar-refractivity contribution is 6.88. The third kappa shape index (κ3) is 5.20. The number of amides is 3. The molecule has 1 saturated heterocycles. The summed E-state index contributed by atoms with van der Waals surface area (Å²) in [6.45, 7) is 7.33. The first-order valence-corrected chi connectivity index (χ1v) is 13.5. The summed E-state index contributed by atoms with van der Waals surface area (Å²) in [7, 11) is 0.145. The fourth-order valence-corrected chi connectivity index (χ4v) is 4.37. The Morgan fingerprint density at radius 2 is 1.67 bits per heavy atom. The third-order valence-electron chi connectivity index (χ3n) is 5.15.